The van der Waals surface area contributed by atoms with Crippen molar-refractivity contribution in [3.63, 3.8) is 0 Å². The number of carbonyl (C=O) groups excluding carboxylic acids is 4. The fourth-order valence-corrected chi connectivity index (χ4v) is 4.33. The molecule has 9 heteroatoms. The summed E-state index contributed by atoms with van der Waals surface area (Å²) in [6.45, 7) is 17.8. The number of hydrogen-bond donors (Lipinski definition) is 4. The van der Waals surface area contributed by atoms with Gasteiger partial charge in [-0.3, -0.25) is 14.4 Å². The van der Waals surface area contributed by atoms with E-state index in [-0.39, 0.29) is 53.8 Å². The summed E-state index contributed by atoms with van der Waals surface area (Å²) < 4.78 is 5.60. The van der Waals surface area contributed by atoms with Crippen molar-refractivity contribution in [1.82, 2.24) is 10.6 Å². The van der Waals surface area contributed by atoms with Crippen LogP contribution < -0.4 is 21.7 Å². The number of carbonyl (C=O) groups is 4. The minimum atomic E-state index is -0.715. The van der Waals surface area contributed by atoms with Crippen molar-refractivity contribution >= 4 is 29.3 Å². The first kappa shape index (κ1) is 36.1. The van der Waals surface area contributed by atoms with Crippen LogP contribution in [0.3, 0.4) is 0 Å². The smallest absolute Gasteiger partial charge is 0.312 e. The van der Waals surface area contributed by atoms with Gasteiger partial charge in [0, 0.05) is 37.6 Å². The standard InChI is InChI=1S/C32H54N4O5/c1-22(2)28(36-27(38)15-18-41-19-16-31(3,4)5)26(37)20-24(10-9-17-34-30(33)40)29(39)35-25-13-11-23(12-14-25)21-32(6,7)8/h11-14,22,24,28H,9-10,15-21H2,1-8H3,(H,35,39)(H,36,38)(H3,33,34,40)/t24-,28+/m1/s1. The zero-order valence-electron chi connectivity index (χ0n) is 26.5. The Morgan fingerprint density at radius 1 is 0.927 bits per heavy atom. The van der Waals surface area contributed by atoms with Crippen LogP contribution in [0.2, 0.25) is 0 Å². The minimum Gasteiger partial charge on any atom is -0.381 e. The van der Waals surface area contributed by atoms with Crippen LogP contribution in [0.25, 0.3) is 0 Å². The van der Waals surface area contributed by atoms with E-state index >= 15 is 0 Å². The topological polar surface area (TPSA) is 140 Å². The molecule has 1 aromatic carbocycles. The number of nitrogens with two attached hydrogens (primary N) is 1. The number of ether oxygens (including phenoxy) is 1. The molecule has 4 amide bonds. The zero-order valence-corrected chi connectivity index (χ0v) is 26.5. The molecule has 0 aliphatic rings. The Labute approximate surface area is 247 Å². The highest BCUT2D eigenvalue weighted by atomic mass is 16.5. The summed E-state index contributed by atoms with van der Waals surface area (Å²) in [6, 6.07) is 6.37. The van der Waals surface area contributed by atoms with Crippen LogP contribution in [0.1, 0.15) is 93.1 Å². The van der Waals surface area contributed by atoms with Gasteiger partial charge in [0.15, 0.2) is 5.78 Å². The van der Waals surface area contributed by atoms with E-state index in [2.05, 4.69) is 57.5 Å². The van der Waals surface area contributed by atoms with E-state index in [0.29, 0.717) is 31.7 Å². The van der Waals surface area contributed by atoms with Gasteiger partial charge in [0.05, 0.1) is 12.6 Å². The number of Topliss-reactive ketones (excluding diaryl/α,β-unsaturated/α-hetero) is 1. The van der Waals surface area contributed by atoms with E-state index in [0.717, 1.165) is 12.8 Å². The summed E-state index contributed by atoms with van der Waals surface area (Å²) in [5.41, 5.74) is 7.30. The number of anilines is 1. The van der Waals surface area contributed by atoms with Crippen molar-refractivity contribution in [2.24, 2.45) is 28.4 Å². The second-order valence-electron chi connectivity index (χ2n) is 13.7. The van der Waals surface area contributed by atoms with Crippen molar-refractivity contribution in [3.05, 3.63) is 29.8 Å². The number of amides is 4. The van der Waals surface area contributed by atoms with Gasteiger partial charge in [-0.25, -0.2) is 4.79 Å². The molecule has 0 radical (unpaired) electrons. The fraction of sp³-hybridized carbons (Fsp3) is 0.688. The van der Waals surface area contributed by atoms with Crippen LogP contribution in [0, 0.1) is 22.7 Å². The second kappa shape index (κ2) is 17.1. The van der Waals surface area contributed by atoms with Crippen molar-refractivity contribution < 1.29 is 23.9 Å². The maximum Gasteiger partial charge on any atom is 0.312 e. The summed E-state index contributed by atoms with van der Waals surface area (Å²) in [6.07, 6.45) is 2.78. The van der Waals surface area contributed by atoms with Gasteiger partial charge >= 0.3 is 6.03 Å². The first-order valence-corrected chi connectivity index (χ1v) is 14.8. The van der Waals surface area contributed by atoms with Gasteiger partial charge in [-0.2, -0.15) is 0 Å². The predicted molar refractivity (Wildman–Crippen MR) is 164 cm³/mol. The Morgan fingerprint density at radius 2 is 1.56 bits per heavy atom. The van der Waals surface area contributed by atoms with Crippen molar-refractivity contribution in [2.75, 3.05) is 25.1 Å². The first-order valence-electron chi connectivity index (χ1n) is 14.8. The van der Waals surface area contributed by atoms with E-state index < -0.39 is 18.0 Å². The SMILES string of the molecule is CC(C)[C@H](NC(=O)CCOCCC(C)(C)C)C(=O)C[C@@H](CCCNC(N)=O)C(=O)Nc1ccc(CC(C)(C)C)cc1. The van der Waals surface area contributed by atoms with Gasteiger partial charge in [-0.1, -0.05) is 67.5 Å². The molecule has 0 fully saturated rings. The summed E-state index contributed by atoms with van der Waals surface area (Å²) >= 11 is 0. The van der Waals surface area contributed by atoms with Crippen molar-refractivity contribution in [2.45, 2.75) is 100.0 Å². The Hall–Kier alpha value is -2.94. The quantitative estimate of drug-likeness (QED) is 0.189. The third kappa shape index (κ3) is 16.8. The predicted octanol–water partition coefficient (Wildman–Crippen LogP) is 5.22. The van der Waals surface area contributed by atoms with E-state index in [1.807, 2.05) is 38.1 Å². The van der Waals surface area contributed by atoms with Crippen LogP contribution in [0.5, 0.6) is 0 Å². The molecule has 5 N–H and O–H groups in total. The van der Waals surface area contributed by atoms with Crippen molar-refractivity contribution in [3.8, 4) is 0 Å². The van der Waals surface area contributed by atoms with Gasteiger partial charge in [0.2, 0.25) is 11.8 Å². The van der Waals surface area contributed by atoms with E-state index in [4.69, 9.17) is 10.5 Å². The lowest BCUT2D eigenvalue weighted by Gasteiger charge is -2.24. The molecule has 0 aliphatic carbocycles. The lowest BCUT2D eigenvalue weighted by Crippen LogP contribution is -2.45. The number of hydrogen-bond acceptors (Lipinski definition) is 5. The maximum atomic E-state index is 13.4. The third-order valence-electron chi connectivity index (χ3n) is 6.60. The van der Waals surface area contributed by atoms with Gasteiger partial charge < -0.3 is 26.4 Å². The summed E-state index contributed by atoms with van der Waals surface area (Å²) in [7, 11) is 0. The molecule has 0 saturated carbocycles. The van der Waals surface area contributed by atoms with Gasteiger partial charge in [0.25, 0.3) is 0 Å². The van der Waals surface area contributed by atoms with Crippen LogP contribution in [-0.4, -0.2) is 49.4 Å². The molecule has 1 rings (SSSR count). The molecule has 0 heterocycles. The number of primary amides is 1. The molecule has 0 saturated heterocycles. The Morgan fingerprint density at radius 3 is 2.10 bits per heavy atom. The molecule has 0 unspecified atom stereocenters. The van der Waals surface area contributed by atoms with E-state index in [9.17, 15) is 19.2 Å². The van der Waals surface area contributed by atoms with E-state index in [1.54, 1.807) is 0 Å². The molecule has 1 aromatic rings. The van der Waals surface area contributed by atoms with Gasteiger partial charge in [-0.15, -0.1) is 0 Å². The number of rotatable bonds is 17. The molecule has 0 aliphatic heterocycles. The van der Waals surface area contributed by atoms with Crippen LogP contribution in [0.4, 0.5) is 10.5 Å². The van der Waals surface area contributed by atoms with Crippen LogP contribution >= 0.6 is 0 Å². The summed E-state index contributed by atoms with van der Waals surface area (Å²) in [5.74, 6) is -1.52. The summed E-state index contributed by atoms with van der Waals surface area (Å²) in [4.78, 5) is 50.3. The Bertz CT molecular complexity index is 977. The Balaban J connectivity index is 2.84. The van der Waals surface area contributed by atoms with Gasteiger partial charge in [-0.05, 0) is 60.1 Å². The molecular formula is C32H54N4O5. The number of urea groups is 1. The fourth-order valence-electron chi connectivity index (χ4n) is 4.33. The molecule has 41 heavy (non-hydrogen) atoms. The number of nitrogens with one attached hydrogen (secondary N) is 3. The first-order chi connectivity index (χ1) is 19.0. The molecule has 2 atom stereocenters. The highest BCUT2D eigenvalue weighted by molar-refractivity contribution is 5.97. The van der Waals surface area contributed by atoms with Crippen LogP contribution in [0.15, 0.2) is 24.3 Å². The highest BCUT2D eigenvalue weighted by Gasteiger charge is 2.29. The molecule has 9 nitrogen and oxygen atoms in total. The third-order valence-corrected chi connectivity index (χ3v) is 6.60. The van der Waals surface area contributed by atoms with Gasteiger partial charge in [0.1, 0.15) is 0 Å². The molecule has 0 bridgehead atoms. The monoisotopic (exact) mass is 574 g/mol. The number of benzene rings is 1. The normalized spacial score (nSPS) is 13.4. The average molecular weight is 575 g/mol. The van der Waals surface area contributed by atoms with Crippen molar-refractivity contribution in [1.29, 1.82) is 0 Å². The highest BCUT2D eigenvalue weighted by Crippen LogP contribution is 2.23. The average Bonchev–Trinajstić information content (AvgIpc) is 2.83. The maximum absolute atomic E-state index is 13.4. The van der Waals surface area contributed by atoms with Crippen LogP contribution in [-0.2, 0) is 25.5 Å². The number of ketones is 1. The molecule has 0 aromatic heterocycles. The minimum absolute atomic E-state index is 0.0320. The summed E-state index contributed by atoms with van der Waals surface area (Å²) in [5, 5.41) is 8.31. The lowest BCUT2D eigenvalue weighted by atomic mass is 9.88. The second-order valence-corrected chi connectivity index (χ2v) is 13.7. The van der Waals surface area contributed by atoms with E-state index in [1.165, 1.54) is 5.56 Å². The lowest BCUT2D eigenvalue weighted by molar-refractivity contribution is -0.131. The zero-order chi connectivity index (χ0) is 31.2. The molecule has 0 spiro atoms. The molecule has 232 valence electrons. The largest absolute Gasteiger partial charge is 0.381 e. The Kier molecular flexibility index (Phi) is 15.1. The molecular weight excluding hydrogens is 520 g/mol.